The number of aliphatic carboxylic acids is 1. The van der Waals surface area contributed by atoms with E-state index < -0.39 is 12.0 Å². The van der Waals surface area contributed by atoms with Crippen LogP contribution < -0.4 is 5.73 Å². The highest BCUT2D eigenvalue weighted by Gasteiger charge is 2.10. The molecule has 0 aliphatic carbocycles. The molecule has 5 heteroatoms. The van der Waals surface area contributed by atoms with E-state index in [1.54, 1.807) is 6.07 Å². The molecule has 0 saturated heterocycles. The highest BCUT2D eigenvalue weighted by Crippen LogP contribution is 2.21. The predicted octanol–water partition coefficient (Wildman–Crippen LogP) is 2.45. The van der Waals surface area contributed by atoms with E-state index in [4.69, 9.17) is 10.8 Å². The molecular weight excluding hydrogens is 265 g/mol. The summed E-state index contributed by atoms with van der Waals surface area (Å²) in [4.78, 5) is 10.3. The van der Waals surface area contributed by atoms with Gasteiger partial charge in [-0.2, -0.15) is 0 Å². The number of hydrogen-bond acceptors (Lipinski definition) is 2. The highest BCUT2D eigenvalue weighted by atomic mass is 79.9. The second-order valence-corrected chi connectivity index (χ2v) is 4.16. The Balaban J connectivity index is 2.72. The third-order valence-electron chi connectivity index (χ3n) is 1.98. The van der Waals surface area contributed by atoms with Crippen LogP contribution in [0.25, 0.3) is 0 Å². The van der Waals surface area contributed by atoms with Crippen molar-refractivity contribution in [2.24, 2.45) is 5.73 Å². The van der Waals surface area contributed by atoms with E-state index in [1.165, 1.54) is 12.1 Å². The number of carboxylic acid groups (broad SMARTS) is 1. The zero-order valence-corrected chi connectivity index (χ0v) is 9.50. The van der Waals surface area contributed by atoms with Crippen molar-refractivity contribution in [1.29, 1.82) is 0 Å². The zero-order valence-electron chi connectivity index (χ0n) is 7.91. The normalized spacial score (nSPS) is 12.5. The first-order chi connectivity index (χ1) is 6.99. The molecule has 0 radical (unpaired) electrons. The highest BCUT2D eigenvalue weighted by molar-refractivity contribution is 9.10. The molecule has 0 spiro atoms. The Labute approximate surface area is 95.2 Å². The van der Waals surface area contributed by atoms with Crippen LogP contribution >= 0.6 is 15.9 Å². The topological polar surface area (TPSA) is 63.3 Å². The van der Waals surface area contributed by atoms with Gasteiger partial charge in [0.15, 0.2) is 0 Å². The van der Waals surface area contributed by atoms with Crippen LogP contribution in [0.1, 0.15) is 24.4 Å². The molecule has 3 N–H and O–H groups in total. The predicted molar refractivity (Wildman–Crippen MR) is 57.9 cm³/mol. The molecule has 1 unspecified atom stereocenters. The van der Waals surface area contributed by atoms with Crippen molar-refractivity contribution >= 4 is 21.9 Å². The molecule has 0 aliphatic heterocycles. The maximum Gasteiger partial charge on any atom is 0.303 e. The number of carbonyl (C=O) groups is 1. The molecule has 1 aromatic rings. The van der Waals surface area contributed by atoms with Gasteiger partial charge in [-0.25, -0.2) is 4.39 Å². The fraction of sp³-hybridized carbons (Fsp3) is 0.300. The molecule has 0 amide bonds. The Morgan fingerprint density at radius 2 is 2.20 bits per heavy atom. The number of carboxylic acids is 1. The largest absolute Gasteiger partial charge is 0.481 e. The first kappa shape index (κ1) is 12.1. The molecule has 0 aliphatic rings. The summed E-state index contributed by atoms with van der Waals surface area (Å²) < 4.78 is 13.6. The number of nitrogens with two attached hydrogens (primary N) is 1. The summed E-state index contributed by atoms with van der Waals surface area (Å²) in [6.45, 7) is 0. The maximum absolute atomic E-state index is 13.0. The van der Waals surface area contributed by atoms with Gasteiger partial charge in [-0.1, -0.05) is 15.9 Å². The van der Waals surface area contributed by atoms with Gasteiger partial charge < -0.3 is 10.8 Å². The molecule has 82 valence electrons. The SMILES string of the molecule is NC(CCC(=O)O)c1cc(F)cc(Br)c1. The van der Waals surface area contributed by atoms with Gasteiger partial charge in [-0.15, -0.1) is 0 Å². The van der Waals surface area contributed by atoms with Crippen LogP contribution in [0.15, 0.2) is 22.7 Å². The lowest BCUT2D eigenvalue weighted by Gasteiger charge is -2.11. The van der Waals surface area contributed by atoms with Gasteiger partial charge in [0.2, 0.25) is 0 Å². The third kappa shape index (κ3) is 3.97. The second kappa shape index (κ2) is 5.23. The molecule has 0 fully saturated rings. The summed E-state index contributed by atoms with van der Waals surface area (Å²) in [5.41, 5.74) is 6.33. The van der Waals surface area contributed by atoms with E-state index in [0.717, 1.165) is 0 Å². The van der Waals surface area contributed by atoms with E-state index in [-0.39, 0.29) is 12.2 Å². The van der Waals surface area contributed by atoms with Gasteiger partial charge >= 0.3 is 5.97 Å². The van der Waals surface area contributed by atoms with Crippen molar-refractivity contribution in [3.05, 3.63) is 34.1 Å². The smallest absolute Gasteiger partial charge is 0.303 e. The van der Waals surface area contributed by atoms with E-state index in [9.17, 15) is 9.18 Å². The molecule has 0 bridgehead atoms. The number of rotatable bonds is 4. The van der Waals surface area contributed by atoms with Crippen molar-refractivity contribution in [2.75, 3.05) is 0 Å². The van der Waals surface area contributed by atoms with E-state index in [0.29, 0.717) is 16.5 Å². The van der Waals surface area contributed by atoms with Crippen LogP contribution in [0.2, 0.25) is 0 Å². The number of benzene rings is 1. The lowest BCUT2D eigenvalue weighted by atomic mass is 10.0. The fourth-order valence-corrected chi connectivity index (χ4v) is 1.72. The molecule has 0 saturated carbocycles. The summed E-state index contributed by atoms with van der Waals surface area (Å²) in [6.07, 6.45) is 0.278. The molecule has 1 rings (SSSR count). The van der Waals surface area contributed by atoms with Gasteiger partial charge in [0.25, 0.3) is 0 Å². The lowest BCUT2D eigenvalue weighted by molar-refractivity contribution is -0.137. The average Bonchev–Trinajstić information content (AvgIpc) is 2.12. The number of hydrogen-bond donors (Lipinski definition) is 2. The van der Waals surface area contributed by atoms with Crippen molar-refractivity contribution in [1.82, 2.24) is 0 Å². The Hall–Kier alpha value is -0.940. The summed E-state index contributed by atoms with van der Waals surface area (Å²) in [5, 5.41) is 8.48. The quantitative estimate of drug-likeness (QED) is 0.887. The molecule has 0 heterocycles. The van der Waals surface area contributed by atoms with E-state index in [2.05, 4.69) is 15.9 Å². The molecule has 0 aromatic heterocycles. The first-order valence-electron chi connectivity index (χ1n) is 4.42. The molecule has 1 atom stereocenters. The molecular formula is C10H11BrFNO2. The minimum absolute atomic E-state index is 0.0186. The van der Waals surface area contributed by atoms with Gasteiger partial charge in [-0.3, -0.25) is 4.79 Å². The summed E-state index contributed by atoms with van der Waals surface area (Å²) >= 11 is 3.15. The van der Waals surface area contributed by atoms with E-state index in [1.807, 2.05) is 0 Å². The fourth-order valence-electron chi connectivity index (χ4n) is 1.23. The lowest BCUT2D eigenvalue weighted by Crippen LogP contribution is -2.12. The van der Waals surface area contributed by atoms with Crippen molar-refractivity contribution in [3.8, 4) is 0 Å². The van der Waals surface area contributed by atoms with Gasteiger partial charge in [0.1, 0.15) is 5.82 Å². The minimum Gasteiger partial charge on any atom is -0.481 e. The van der Waals surface area contributed by atoms with Crippen LogP contribution in [0.3, 0.4) is 0 Å². The van der Waals surface area contributed by atoms with Crippen LogP contribution in [0.4, 0.5) is 4.39 Å². The van der Waals surface area contributed by atoms with Crippen LogP contribution in [-0.2, 0) is 4.79 Å². The molecule has 1 aromatic carbocycles. The number of halogens is 2. The Bertz CT molecular complexity index is 350. The summed E-state index contributed by atoms with van der Waals surface area (Å²) in [6, 6.07) is 3.88. The van der Waals surface area contributed by atoms with Crippen LogP contribution in [-0.4, -0.2) is 11.1 Å². The van der Waals surface area contributed by atoms with E-state index >= 15 is 0 Å². The summed E-state index contributed by atoms with van der Waals surface area (Å²) in [7, 11) is 0. The maximum atomic E-state index is 13.0. The van der Waals surface area contributed by atoms with Gasteiger partial charge in [0.05, 0.1) is 0 Å². The standard InChI is InChI=1S/C10H11BrFNO2/c11-7-3-6(4-8(12)5-7)9(13)1-2-10(14)15/h3-5,9H,1-2,13H2,(H,14,15). The first-order valence-corrected chi connectivity index (χ1v) is 5.21. The molecule has 15 heavy (non-hydrogen) atoms. The van der Waals surface area contributed by atoms with Crippen LogP contribution in [0, 0.1) is 5.82 Å². The van der Waals surface area contributed by atoms with Crippen molar-refractivity contribution in [3.63, 3.8) is 0 Å². The van der Waals surface area contributed by atoms with Crippen molar-refractivity contribution in [2.45, 2.75) is 18.9 Å². The third-order valence-corrected chi connectivity index (χ3v) is 2.44. The second-order valence-electron chi connectivity index (χ2n) is 3.24. The summed E-state index contributed by atoms with van der Waals surface area (Å²) in [5.74, 6) is -1.29. The monoisotopic (exact) mass is 275 g/mol. The Morgan fingerprint density at radius 3 is 2.73 bits per heavy atom. The van der Waals surface area contributed by atoms with Crippen molar-refractivity contribution < 1.29 is 14.3 Å². The zero-order chi connectivity index (χ0) is 11.4. The Kier molecular flexibility index (Phi) is 4.23. The van der Waals surface area contributed by atoms with Gasteiger partial charge in [0, 0.05) is 16.9 Å². The molecule has 3 nitrogen and oxygen atoms in total. The average molecular weight is 276 g/mol. The Morgan fingerprint density at radius 1 is 1.53 bits per heavy atom. The van der Waals surface area contributed by atoms with Gasteiger partial charge in [-0.05, 0) is 30.2 Å². The van der Waals surface area contributed by atoms with Crippen LogP contribution in [0.5, 0.6) is 0 Å². The minimum atomic E-state index is -0.902.